The molecule has 1 fully saturated rings. The summed E-state index contributed by atoms with van der Waals surface area (Å²) in [6.45, 7) is 7.18. The number of nitrogens with one attached hydrogen (secondary N) is 1. The maximum Gasteiger partial charge on any atom is 0.309 e. The molecule has 132 valence electrons. The summed E-state index contributed by atoms with van der Waals surface area (Å²) in [5.74, 6) is 1.01. The van der Waals surface area contributed by atoms with E-state index in [0.29, 0.717) is 13.2 Å². The molecule has 1 aromatic carbocycles. The number of nitrogens with zero attached hydrogens (tertiary/aromatic N) is 2. The Bertz CT molecular complexity index is 566. The van der Waals surface area contributed by atoms with E-state index < -0.39 is 0 Å². The minimum atomic E-state index is -0.0844. The Morgan fingerprint density at radius 1 is 1.38 bits per heavy atom. The lowest BCUT2D eigenvalue weighted by atomic mass is 9.97. The van der Waals surface area contributed by atoms with Crippen molar-refractivity contribution in [3.63, 3.8) is 0 Å². The van der Waals surface area contributed by atoms with E-state index >= 15 is 0 Å². The first-order chi connectivity index (χ1) is 11.6. The van der Waals surface area contributed by atoms with Crippen LogP contribution in [0.2, 0.25) is 0 Å². The molecule has 0 amide bonds. The maximum atomic E-state index is 11.8. The van der Waals surface area contributed by atoms with Gasteiger partial charge in [0.05, 0.1) is 19.1 Å². The van der Waals surface area contributed by atoms with E-state index in [1.165, 1.54) is 0 Å². The number of piperidine rings is 1. The zero-order valence-electron chi connectivity index (χ0n) is 14.5. The molecule has 0 aromatic heterocycles. The zero-order valence-corrected chi connectivity index (χ0v) is 14.5. The fourth-order valence-electron chi connectivity index (χ4n) is 2.83. The van der Waals surface area contributed by atoms with Crippen LogP contribution in [0.5, 0.6) is 5.75 Å². The van der Waals surface area contributed by atoms with E-state index in [-0.39, 0.29) is 17.6 Å². The van der Waals surface area contributed by atoms with Gasteiger partial charge in [-0.3, -0.25) is 4.79 Å². The summed E-state index contributed by atoms with van der Waals surface area (Å²) < 4.78 is 5.11. The van der Waals surface area contributed by atoms with Crippen LogP contribution < -0.4 is 5.32 Å². The summed E-state index contributed by atoms with van der Waals surface area (Å²) in [5.41, 5.74) is 0.965. The highest BCUT2D eigenvalue weighted by Gasteiger charge is 2.27. The van der Waals surface area contributed by atoms with Gasteiger partial charge in [0.2, 0.25) is 0 Å². The highest BCUT2D eigenvalue weighted by atomic mass is 16.5. The van der Waals surface area contributed by atoms with Crippen molar-refractivity contribution in [2.75, 3.05) is 26.2 Å². The minimum absolute atomic E-state index is 0.00449. The second-order valence-corrected chi connectivity index (χ2v) is 5.85. The van der Waals surface area contributed by atoms with Gasteiger partial charge in [-0.2, -0.15) is 0 Å². The summed E-state index contributed by atoms with van der Waals surface area (Å²) >= 11 is 0. The SMILES string of the molecule is CCNC(=NCc1cccc(O)c1)N1CCC(C(=O)OCC)CC1. The smallest absolute Gasteiger partial charge is 0.309 e. The van der Waals surface area contributed by atoms with Gasteiger partial charge in [0, 0.05) is 19.6 Å². The molecule has 1 aromatic rings. The number of carbonyl (C=O) groups is 1. The summed E-state index contributed by atoms with van der Waals surface area (Å²) in [4.78, 5) is 18.7. The van der Waals surface area contributed by atoms with Crippen LogP contribution in [0, 0.1) is 5.92 Å². The molecule has 0 atom stereocenters. The van der Waals surface area contributed by atoms with Gasteiger partial charge in [0.15, 0.2) is 5.96 Å². The zero-order chi connectivity index (χ0) is 17.4. The molecule has 2 N–H and O–H groups in total. The highest BCUT2D eigenvalue weighted by Crippen LogP contribution is 2.19. The van der Waals surface area contributed by atoms with Crippen LogP contribution in [0.1, 0.15) is 32.3 Å². The van der Waals surface area contributed by atoms with Crippen LogP contribution in [0.4, 0.5) is 0 Å². The number of likely N-dealkylation sites (tertiary alicyclic amines) is 1. The number of phenols is 1. The third kappa shape index (κ3) is 5.15. The molecule has 2 rings (SSSR count). The Hall–Kier alpha value is -2.24. The van der Waals surface area contributed by atoms with E-state index in [2.05, 4.69) is 15.2 Å². The van der Waals surface area contributed by atoms with Crippen LogP contribution >= 0.6 is 0 Å². The number of carbonyl (C=O) groups excluding carboxylic acids is 1. The van der Waals surface area contributed by atoms with Gasteiger partial charge in [-0.15, -0.1) is 0 Å². The van der Waals surface area contributed by atoms with Gasteiger partial charge in [-0.05, 0) is 44.4 Å². The lowest BCUT2D eigenvalue weighted by molar-refractivity contribution is -0.149. The Morgan fingerprint density at radius 2 is 2.12 bits per heavy atom. The van der Waals surface area contributed by atoms with Crippen LogP contribution in [0.3, 0.4) is 0 Å². The minimum Gasteiger partial charge on any atom is -0.508 e. The van der Waals surface area contributed by atoms with Gasteiger partial charge in [-0.25, -0.2) is 4.99 Å². The van der Waals surface area contributed by atoms with Crippen molar-refractivity contribution in [2.24, 2.45) is 10.9 Å². The van der Waals surface area contributed by atoms with E-state index in [0.717, 1.165) is 44.0 Å². The topological polar surface area (TPSA) is 74.2 Å². The number of rotatable bonds is 5. The predicted octanol–water partition coefficient (Wildman–Crippen LogP) is 2.13. The quantitative estimate of drug-likeness (QED) is 0.490. The maximum absolute atomic E-state index is 11.8. The normalized spacial score (nSPS) is 16.1. The second kappa shape index (κ2) is 9.15. The number of benzene rings is 1. The van der Waals surface area contributed by atoms with Crippen molar-refractivity contribution >= 4 is 11.9 Å². The molecule has 0 bridgehead atoms. The van der Waals surface area contributed by atoms with E-state index in [1.807, 2.05) is 26.0 Å². The monoisotopic (exact) mass is 333 g/mol. The van der Waals surface area contributed by atoms with Gasteiger partial charge >= 0.3 is 5.97 Å². The molecular formula is C18H27N3O3. The summed E-state index contributed by atoms with van der Waals surface area (Å²) in [6, 6.07) is 7.14. The number of hydrogen-bond donors (Lipinski definition) is 2. The van der Waals surface area contributed by atoms with Crippen LogP contribution in [-0.2, 0) is 16.1 Å². The van der Waals surface area contributed by atoms with Crippen molar-refractivity contribution < 1.29 is 14.6 Å². The summed E-state index contributed by atoms with van der Waals surface area (Å²) in [7, 11) is 0. The molecule has 0 aliphatic carbocycles. The standard InChI is InChI=1S/C18H27N3O3/c1-3-19-18(20-13-14-6-5-7-16(22)12-14)21-10-8-15(9-11-21)17(23)24-4-2/h5-7,12,15,22H,3-4,8-11,13H2,1-2H3,(H,19,20). The number of phenolic OH excluding ortho intramolecular Hbond substituents is 1. The van der Waals surface area contributed by atoms with Gasteiger partial charge in [0.1, 0.15) is 5.75 Å². The molecule has 6 nitrogen and oxygen atoms in total. The molecular weight excluding hydrogens is 306 g/mol. The summed E-state index contributed by atoms with van der Waals surface area (Å²) in [6.07, 6.45) is 1.57. The van der Waals surface area contributed by atoms with E-state index in [9.17, 15) is 9.90 Å². The molecule has 1 saturated heterocycles. The average Bonchev–Trinajstić information content (AvgIpc) is 2.59. The Morgan fingerprint density at radius 3 is 2.75 bits per heavy atom. The van der Waals surface area contributed by atoms with Crippen molar-refractivity contribution in [3.05, 3.63) is 29.8 Å². The number of hydrogen-bond acceptors (Lipinski definition) is 4. The highest BCUT2D eigenvalue weighted by molar-refractivity contribution is 5.80. The average molecular weight is 333 g/mol. The Kier molecular flexibility index (Phi) is 6.90. The molecule has 0 unspecified atom stereocenters. The second-order valence-electron chi connectivity index (χ2n) is 5.85. The molecule has 1 aliphatic rings. The Labute approximate surface area is 143 Å². The van der Waals surface area contributed by atoms with Crippen LogP contribution in [-0.4, -0.2) is 48.2 Å². The lowest BCUT2D eigenvalue weighted by Crippen LogP contribution is -2.46. The fourth-order valence-corrected chi connectivity index (χ4v) is 2.83. The van der Waals surface area contributed by atoms with Gasteiger partial charge in [-0.1, -0.05) is 12.1 Å². The van der Waals surface area contributed by atoms with E-state index in [4.69, 9.17) is 4.74 Å². The number of guanidine groups is 1. The lowest BCUT2D eigenvalue weighted by Gasteiger charge is -2.33. The van der Waals surface area contributed by atoms with E-state index in [1.54, 1.807) is 12.1 Å². The number of aromatic hydroxyl groups is 1. The van der Waals surface area contributed by atoms with Crippen molar-refractivity contribution in [2.45, 2.75) is 33.2 Å². The predicted molar refractivity (Wildman–Crippen MR) is 93.9 cm³/mol. The molecule has 0 saturated carbocycles. The molecule has 0 radical (unpaired) electrons. The van der Waals surface area contributed by atoms with Gasteiger partial charge < -0.3 is 20.1 Å². The number of aliphatic imine (C=N–C) groups is 1. The third-order valence-electron chi connectivity index (χ3n) is 4.07. The number of ether oxygens (including phenoxy) is 1. The number of esters is 1. The van der Waals surface area contributed by atoms with Crippen LogP contribution in [0.25, 0.3) is 0 Å². The Balaban J connectivity index is 1.95. The van der Waals surface area contributed by atoms with Crippen LogP contribution in [0.15, 0.2) is 29.3 Å². The molecule has 1 heterocycles. The first kappa shape index (κ1) is 18.1. The molecule has 1 aliphatic heterocycles. The first-order valence-corrected chi connectivity index (χ1v) is 8.61. The molecule has 0 spiro atoms. The fraction of sp³-hybridized carbons (Fsp3) is 0.556. The van der Waals surface area contributed by atoms with Crippen molar-refractivity contribution in [3.8, 4) is 5.75 Å². The van der Waals surface area contributed by atoms with Crippen molar-refractivity contribution in [1.82, 2.24) is 10.2 Å². The third-order valence-corrected chi connectivity index (χ3v) is 4.07. The van der Waals surface area contributed by atoms with Crippen molar-refractivity contribution in [1.29, 1.82) is 0 Å². The van der Waals surface area contributed by atoms with Gasteiger partial charge in [0.25, 0.3) is 0 Å². The summed E-state index contributed by atoms with van der Waals surface area (Å²) in [5, 5.41) is 12.8. The molecule has 24 heavy (non-hydrogen) atoms. The first-order valence-electron chi connectivity index (χ1n) is 8.61. The largest absolute Gasteiger partial charge is 0.508 e. The molecule has 6 heteroatoms.